The van der Waals surface area contributed by atoms with Crippen LogP contribution in [0.5, 0.6) is 0 Å². The van der Waals surface area contributed by atoms with Crippen LogP contribution in [0.15, 0.2) is 23.5 Å². The minimum absolute atomic E-state index is 0.299. The van der Waals surface area contributed by atoms with E-state index < -0.39 is 72.8 Å². The van der Waals surface area contributed by atoms with E-state index in [0.29, 0.717) is 12.0 Å². The molecule has 2 heterocycles. The van der Waals surface area contributed by atoms with E-state index in [-0.39, 0.29) is 12.5 Å². The third-order valence-electron chi connectivity index (χ3n) is 6.31. The maximum Gasteiger partial charge on any atom is 0.337 e. The third kappa shape index (κ3) is 6.70. The minimum Gasteiger partial charge on any atom is -0.471 e. The van der Waals surface area contributed by atoms with Crippen LogP contribution in [0.25, 0.3) is 0 Å². The molecular formula is C25H32O13. The van der Waals surface area contributed by atoms with Gasteiger partial charge in [-0.25, -0.2) is 4.79 Å². The summed E-state index contributed by atoms with van der Waals surface area (Å²) in [6.45, 7) is 6.05. The number of allylic oxidation sites excluding steroid dienone is 1. The average Bonchev–Trinajstić information content (AvgIpc) is 3.22. The molecule has 2 aliphatic heterocycles. The monoisotopic (exact) mass is 540 g/mol. The van der Waals surface area contributed by atoms with Crippen LogP contribution < -0.4 is 0 Å². The zero-order valence-corrected chi connectivity index (χ0v) is 22.0. The highest BCUT2D eigenvalue weighted by Gasteiger charge is 2.55. The van der Waals surface area contributed by atoms with Crippen LogP contribution in [0.1, 0.15) is 41.0 Å². The zero-order chi connectivity index (χ0) is 28.1. The minimum atomic E-state index is -1.41. The van der Waals surface area contributed by atoms with Crippen LogP contribution >= 0.6 is 0 Å². The second-order valence-corrected chi connectivity index (χ2v) is 9.09. The van der Waals surface area contributed by atoms with Crippen LogP contribution in [0.4, 0.5) is 0 Å². The van der Waals surface area contributed by atoms with Crippen molar-refractivity contribution in [1.82, 2.24) is 0 Å². The molecule has 1 aliphatic carbocycles. The van der Waals surface area contributed by atoms with Crippen molar-refractivity contribution < 1.29 is 61.9 Å². The molecular weight excluding hydrogens is 508 g/mol. The SMILES string of the molecule is COC(=O)C1=COC(OC2OC(COC(C)=O)C(OC(C)=O)C(OC(C)=O)C2OC(C)=O)C2C(C)=CCC12. The van der Waals surface area contributed by atoms with E-state index in [4.69, 9.17) is 37.9 Å². The molecule has 13 heteroatoms. The Morgan fingerprint density at radius 1 is 0.868 bits per heavy atom. The number of carbonyl (C=O) groups is 5. The first-order valence-corrected chi connectivity index (χ1v) is 12.0. The number of ether oxygens (including phenoxy) is 8. The lowest BCUT2D eigenvalue weighted by atomic mass is 9.84. The van der Waals surface area contributed by atoms with Crippen molar-refractivity contribution in [3.05, 3.63) is 23.5 Å². The summed E-state index contributed by atoms with van der Waals surface area (Å²) in [5, 5.41) is 0. The Balaban J connectivity index is 1.98. The molecule has 210 valence electrons. The van der Waals surface area contributed by atoms with E-state index in [2.05, 4.69) is 0 Å². The summed E-state index contributed by atoms with van der Waals surface area (Å²) in [6, 6.07) is 0. The fraction of sp³-hybridized carbons (Fsp3) is 0.640. The first kappa shape index (κ1) is 29.1. The van der Waals surface area contributed by atoms with Crippen LogP contribution in [0.3, 0.4) is 0 Å². The van der Waals surface area contributed by atoms with Gasteiger partial charge in [0.25, 0.3) is 0 Å². The largest absolute Gasteiger partial charge is 0.471 e. The molecule has 8 atom stereocenters. The number of esters is 5. The predicted octanol–water partition coefficient (Wildman–Crippen LogP) is 1.08. The molecule has 38 heavy (non-hydrogen) atoms. The molecule has 0 spiro atoms. The normalized spacial score (nSPS) is 31.9. The van der Waals surface area contributed by atoms with Gasteiger partial charge in [-0.2, -0.15) is 0 Å². The van der Waals surface area contributed by atoms with Gasteiger partial charge in [0, 0.05) is 39.5 Å². The quantitative estimate of drug-likeness (QED) is 0.245. The number of carbonyl (C=O) groups excluding carboxylic acids is 5. The van der Waals surface area contributed by atoms with Gasteiger partial charge < -0.3 is 37.9 Å². The Morgan fingerprint density at radius 2 is 1.47 bits per heavy atom. The van der Waals surface area contributed by atoms with E-state index in [0.717, 1.165) is 26.3 Å². The highest BCUT2D eigenvalue weighted by atomic mass is 16.8. The lowest BCUT2D eigenvalue weighted by Crippen LogP contribution is -2.63. The van der Waals surface area contributed by atoms with Gasteiger partial charge in [0.1, 0.15) is 12.7 Å². The molecule has 0 N–H and O–H groups in total. The van der Waals surface area contributed by atoms with E-state index >= 15 is 0 Å². The highest BCUT2D eigenvalue weighted by Crippen LogP contribution is 2.44. The standard InChI is InChI=1S/C25H32O13/c1-11-7-8-16-17(23(30)31-6)9-33-24(19(11)16)38-25-22(36-15(5)29)21(35-14(4)28)20(34-13(3)27)18(37-25)10-32-12(2)26/h7,9,16,18-22,24-25H,8,10H2,1-6H3. The Hall–Kier alpha value is -3.45. The van der Waals surface area contributed by atoms with Gasteiger partial charge in [0.15, 0.2) is 18.3 Å². The first-order valence-electron chi connectivity index (χ1n) is 12.0. The fourth-order valence-electron chi connectivity index (χ4n) is 4.81. The van der Waals surface area contributed by atoms with Crippen LogP contribution in [0.2, 0.25) is 0 Å². The number of rotatable bonds is 8. The number of methoxy groups -OCH3 is 1. The maximum absolute atomic E-state index is 12.3. The van der Waals surface area contributed by atoms with Crippen molar-refractivity contribution in [3.8, 4) is 0 Å². The molecule has 0 aromatic rings. The van der Waals surface area contributed by atoms with E-state index in [9.17, 15) is 24.0 Å². The summed E-state index contributed by atoms with van der Waals surface area (Å²) in [6.07, 6.45) is -3.91. The second-order valence-electron chi connectivity index (χ2n) is 9.09. The Morgan fingerprint density at radius 3 is 2.05 bits per heavy atom. The van der Waals surface area contributed by atoms with Crippen molar-refractivity contribution in [1.29, 1.82) is 0 Å². The lowest BCUT2D eigenvalue weighted by Gasteiger charge is -2.45. The maximum atomic E-state index is 12.3. The van der Waals surface area contributed by atoms with Gasteiger partial charge in [-0.05, 0) is 13.3 Å². The molecule has 3 aliphatic rings. The Kier molecular flexibility index (Phi) is 9.50. The van der Waals surface area contributed by atoms with Crippen molar-refractivity contribution in [2.45, 2.75) is 78.0 Å². The molecule has 0 amide bonds. The topological polar surface area (TPSA) is 159 Å². The molecule has 0 saturated carbocycles. The summed E-state index contributed by atoms with van der Waals surface area (Å²) in [5.74, 6) is -4.14. The number of hydrogen-bond donors (Lipinski definition) is 0. The Bertz CT molecular complexity index is 1010. The molecule has 0 radical (unpaired) electrons. The first-order chi connectivity index (χ1) is 17.9. The fourth-order valence-corrected chi connectivity index (χ4v) is 4.81. The number of fused-ring (bicyclic) bond motifs is 1. The summed E-state index contributed by atoms with van der Waals surface area (Å²) in [5.41, 5.74) is 1.23. The van der Waals surface area contributed by atoms with E-state index in [1.165, 1.54) is 20.3 Å². The molecule has 0 aromatic carbocycles. The summed E-state index contributed by atoms with van der Waals surface area (Å²) in [4.78, 5) is 59.7. The predicted molar refractivity (Wildman–Crippen MR) is 123 cm³/mol. The van der Waals surface area contributed by atoms with Gasteiger partial charge in [0.05, 0.1) is 18.9 Å². The number of hydrogen-bond acceptors (Lipinski definition) is 13. The third-order valence-corrected chi connectivity index (χ3v) is 6.31. The van der Waals surface area contributed by atoms with E-state index in [1.807, 2.05) is 13.0 Å². The summed E-state index contributed by atoms with van der Waals surface area (Å²) < 4.78 is 44.1. The Labute approximate surface area is 219 Å². The average molecular weight is 541 g/mol. The van der Waals surface area contributed by atoms with Gasteiger partial charge in [-0.15, -0.1) is 0 Å². The highest BCUT2D eigenvalue weighted by molar-refractivity contribution is 5.89. The van der Waals surface area contributed by atoms with Crippen molar-refractivity contribution in [2.75, 3.05) is 13.7 Å². The van der Waals surface area contributed by atoms with Gasteiger partial charge >= 0.3 is 29.8 Å². The second kappa shape index (κ2) is 12.4. The van der Waals surface area contributed by atoms with Gasteiger partial charge in [0.2, 0.25) is 12.6 Å². The smallest absolute Gasteiger partial charge is 0.337 e. The molecule has 13 nitrogen and oxygen atoms in total. The molecule has 0 bridgehead atoms. The van der Waals surface area contributed by atoms with Gasteiger partial charge in [-0.1, -0.05) is 11.6 Å². The molecule has 8 unspecified atom stereocenters. The molecule has 0 aromatic heterocycles. The molecule has 3 rings (SSSR count). The lowest BCUT2D eigenvalue weighted by molar-refractivity contribution is -0.342. The zero-order valence-electron chi connectivity index (χ0n) is 22.0. The molecule has 1 saturated heterocycles. The van der Waals surface area contributed by atoms with Crippen molar-refractivity contribution in [3.63, 3.8) is 0 Å². The van der Waals surface area contributed by atoms with Gasteiger partial charge in [-0.3, -0.25) is 19.2 Å². The van der Waals surface area contributed by atoms with Crippen LogP contribution in [-0.4, -0.2) is 80.6 Å². The van der Waals surface area contributed by atoms with Crippen molar-refractivity contribution in [2.24, 2.45) is 11.8 Å². The van der Waals surface area contributed by atoms with Crippen molar-refractivity contribution >= 4 is 29.8 Å². The van der Waals surface area contributed by atoms with E-state index in [1.54, 1.807) is 0 Å². The van der Waals surface area contributed by atoms with Crippen LogP contribution in [-0.2, 0) is 61.9 Å². The summed E-state index contributed by atoms with van der Waals surface area (Å²) >= 11 is 0. The van der Waals surface area contributed by atoms with Crippen LogP contribution in [0, 0.1) is 11.8 Å². The molecule has 1 fully saturated rings. The summed E-state index contributed by atoms with van der Waals surface area (Å²) in [7, 11) is 1.27.